The van der Waals surface area contributed by atoms with Crippen molar-refractivity contribution < 1.29 is 33.1 Å². The highest BCUT2D eigenvalue weighted by molar-refractivity contribution is 5.63. The van der Waals surface area contributed by atoms with Crippen molar-refractivity contribution in [1.82, 2.24) is 4.90 Å². The maximum Gasteiger partial charge on any atom is 0.204 e. The highest BCUT2D eigenvalue weighted by Crippen LogP contribution is 2.52. The van der Waals surface area contributed by atoms with Crippen molar-refractivity contribution in [2.75, 3.05) is 55.6 Å². The second-order valence-corrected chi connectivity index (χ2v) is 12.8. The van der Waals surface area contributed by atoms with Gasteiger partial charge in [0.25, 0.3) is 0 Å². The molecule has 3 atom stereocenters. The third kappa shape index (κ3) is 5.52. The van der Waals surface area contributed by atoms with E-state index < -0.39 is 10.7 Å². The van der Waals surface area contributed by atoms with Gasteiger partial charge in [0.2, 0.25) is 11.5 Å². The van der Waals surface area contributed by atoms with Crippen LogP contribution in [0, 0.1) is 5.21 Å². The number of nitrogens with zero attached hydrogens (tertiary/aromatic N) is 2. The summed E-state index contributed by atoms with van der Waals surface area (Å²) in [6, 6.07) is 19.9. The van der Waals surface area contributed by atoms with Crippen LogP contribution in [0.4, 0.5) is 0 Å². The molecule has 0 amide bonds. The lowest BCUT2D eigenvalue weighted by molar-refractivity contribution is -0.894. The zero-order valence-corrected chi connectivity index (χ0v) is 27.9. The Morgan fingerprint density at radius 2 is 1.21 bits per heavy atom. The van der Waals surface area contributed by atoms with Crippen LogP contribution in [-0.2, 0) is 25.7 Å². The van der Waals surface area contributed by atoms with Crippen molar-refractivity contribution in [2.24, 2.45) is 0 Å². The number of quaternary nitrogens is 1. The van der Waals surface area contributed by atoms with E-state index >= 15 is 0 Å². The van der Waals surface area contributed by atoms with E-state index in [0.29, 0.717) is 65.4 Å². The van der Waals surface area contributed by atoms with Crippen molar-refractivity contribution in [1.29, 1.82) is 0 Å². The summed E-state index contributed by atoms with van der Waals surface area (Å²) in [6.45, 7) is 1.35. The summed E-state index contributed by atoms with van der Waals surface area (Å²) in [7, 11) is 10.4. The maximum absolute atomic E-state index is 14.2. The summed E-state index contributed by atoms with van der Waals surface area (Å²) in [5, 5.41) is 14.2. The Morgan fingerprint density at radius 3 is 1.74 bits per heavy atom. The minimum atomic E-state index is -0.432. The zero-order chi connectivity index (χ0) is 32.9. The first-order chi connectivity index (χ1) is 22.7. The SMILES string of the molecule is COc1cc2c3c(c1OC)Oc1ccc(cc1)C[C@@H]1c4c(cc(OC)c(OC)c4Oc4ccc(cc4)C[C@H]3N(C)CC2)CC[N@@+]1(C)[O-]. The van der Waals surface area contributed by atoms with E-state index in [1.165, 1.54) is 5.56 Å². The molecule has 0 saturated carbocycles. The molecule has 0 unspecified atom stereocenters. The molecule has 0 aromatic heterocycles. The van der Waals surface area contributed by atoms with Crippen molar-refractivity contribution in [2.45, 2.75) is 37.8 Å². The monoisotopic (exact) mass is 638 g/mol. The molecular formula is C38H42N2O7. The number of methoxy groups -OCH3 is 4. The second kappa shape index (κ2) is 12.3. The van der Waals surface area contributed by atoms with Crippen molar-refractivity contribution in [3.05, 3.63) is 99.3 Å². The molecule has 10 rings (SSSR count). The largest absolute Gasteiger partial charge is 0.633 e. The molecule has 4 bridgehead atoms. The van der Waals surface area contributed by atoms with Gasteiger partial charge < -0.3 is 38.3 Å². The molecule has 6 heterocycles. The van der Waals surface area contributed by atoms with E-state index in [0.717, 1.165) is 47.2 Å². The van der Waals surface area contributed by atoms with Gasteiger partial charge in [0.05, 0.1) is 47.6 Å². The second-order valence-electron chi connectivity index (χ2n) is 12.8. The Labute approximate surface area is 276 Å². The fraction of sp³-hybridized carbons (Fsp3) is 0.368. The van der Waals surface area contributed by atoms with E-state index in [9.17, 15) is 5.21 Å². The Hall–Kier alpha value is -4.44. The Kier molecular flexibility index (Phi) is 8.16. The first-order valence-corrected chi connectivity index (χ1v) is 16.1. The lowest BCUT2D eigenvalue weighted by atomic mass is 9.87. The van der Waals surface area contributed by atoms with E-state index in [4.69, 9.17) is 28.4 Å². The summed E-state index contributed by atoms with van der Waals surface area (Å²) < 4.78 is 36.4. The van der Waals surface area contributed by atoms with Gasteiger partial charge in [-0.15, -0.1) is 0 Å². The van der Waals surface area contributed by atoms with Gasteiger partial charge >= 0.3 is 0 Å². The molecule has 0 radical (unpaired) electrons. The summed E-state index contributed by atoms with van der Waals surface area (Å²) in [6.07, 6.45) is 2.73. The van der Waals surface area contributed by atoms with Gasteiger partial charge in [-0.25, -0.2) is 0 Å². The molecule has 0 aliphatic carbocycles. The minimum Gasteiger partial charge on any atom is -0.633 e. The van der Waals surface area contributed by atoms with Gasteiger partial charge in [-0.2, -0.15) is 0 Å². The van der Waals surface area contributed by atoms with Gasteiger partial charge in [-0.3, -0.25) is 4.90 Å². The molecule has 4 aromatic rings. The van der Waals surface area contributed by atoms with Crippen LogP contribution in [0.3, 0.4) is 0 Å². The first-order valence-electron chi connectivity index (χ1n) is 16.1. The summed E-state index contributed by atoms with van der Waals surface area (Å²) in [5.74, 6) is 4.83. The average Bonchev–Trinajstić information content (AvgIpc) is 3.07. The molecule has 0 N–H and O–H groups in total. The molecule has 0 saturated heterocycles. The van der Waals surface area contributed by atoms with Gasteiger partial charge in [-0.1, -0.05) is 24.3 Å². The van der Waals surface area contributed by atoms with Crippen LogP contribution < -0.4 is 28.4 Å². The number of benzene rings is 4. The number of rotatable bonds is 4. The van der Waals surface area contributed by atoms with E-state index in [-0.39, 0.29) is 6.04 Å². The zero-order valence-electron chi connectivity index (χ0n) is 27.9. The van der Waals surface area contributed by atoms with Gasteiger partial charge in [-0.05, 0) is 78.5 Å². The molecule has 0 fully saturated rings. The number of likely N-dealkylation sites (N-methyl/N-ethyl adjacent to an activating group) is 2. The molecule has 9 heteroatoms. The van der Waals surface area contributed by atoms with Gasteiger partial charge in [0, 0.05) is 31.0 Å². The fourth-order valence-electron chi connectivity index (χ4n) is 7.47. The molecule has 246 valence electrons. The summed E-state index contributed by atoms with van der Waals surface area (Å²) in [5.41, 5.74) is 6.34. The predicted octanol–water partition coefficient (Wildman–Crippen LogP) is 7.18. The summed E-state index contributed by atoms with van der Waals surface area (Å²) in [4.78, 5) is 2.37. The smallest absolute Gasteiger partial charge is 0.204 e. The molecule has 6 aliphatic heterocycles. The lowest BCUT2D eigenvalue weighted by Gasteiger charge is -2.49. The third-order valence-electron chi connectivity index (χ3n) is 10.1. The first kappa shape index (κ1) is 31.2. The Morgan fingerprint density at radius 1 is 0.702 bits per heavy atom. The van der Waals surface area contributed by atoms with Crippen molar-refractivity contribution >= 4 is 0 Å². The molecular weight excluding hydrogens is 596 g/mol. The third-order valence-corrected chi connectivity index (χ3v) is 10.1. The predicted molar refractivity (Wildman–Crippen MR) is 179 cm³/mol. The number of hydroxylamine groups is 3. The normalized spacial score (nSPS) is 21.8. The van der Waals surface area contributed by atoms with Gasteiger partial charge in [0.1, 0.15) is 17.5 Å². The topological polar surface area (TPSA) is 81.7 Å². The van der Waals surface area contributed by atoms with Crippen LogP contribution in [0.5, 0.6) is 46.0 Å². The quantitative estimate of drug-likeness (QED) is 0.172. The number of hydrogen-bond acceptors (Lipinski definition) is 8. The molecule has 4 aromatic carbocycles. The molecule has 6 aliphatic rings. The highest BCUT2D eigenvalue weighted by Gasteiger charge is 2.39. The lowest BCUT2D eigenvalue weighted by Crippen LogP contribution is -2.47. The van der Waals surface area contributed by atoms with E-state index in [1.807, 2.05) is 42.5 Å². The van der Waals surface area contributed by atoms with Crippen LogP contribution in [0.1, 0.15) is 45.5 Å². The van der Waals surface area contributed by atoms with Crippen LogP contribution in [0.25, 0.3) is 0 Å². The molecule has 0 spiro atoms. The molecule has 47 heavy (non-hydrogen) atoms. The average molecular weight is 639 g/mol. The van der Waals surface area contributed by atoms with Crippen molar-refractivity contribution in [3.63, 3.8) is 0 Å². The standard InChI is InChI=1S/C38H42N2O7/c1-39-17-15-25-21-31(42-3)35(44-5)37-33(25)29(39)19-23-7-11-28(12-8-23)47-38-34-26(22-32(43-4)36(38)45-6)16-18-40(2,41)30(34)20-24-9-13-27(46-37)14-10-24/h7-14,21-22,29-30H,15-20H2,1-6H3/t29-,30-,40-/m1/s1. The van der Waals surface area contributed by atoms with Crippen LogP contribution in [-0.4, -0.2) is 65.2 Å². The molecule has 9 nitrogen and oxygen atoms in total. The Bertz CT molecular complexity index is 1790. The van der Waals surface area contributed by atoms with E-state index in [1.54, 1.807) is 35.5 Å². The Balaban J connectivity index is 1.42. The maximum atomic E-state index is 14.2. The minimum absolute atomic E-state index is 0.0391. The number of ether oxygens (including phenoxy) is 6. The summed E-state index contributed by atoms with van der Waals surface area (Å²) >= 11 is 0. The van der Waals surface area contributed by atoms with Crippen LogP contribution in [0.2, 0.25) is 0 Å². The fourth-order valence-corrected chi connectivity index (χ4v) is 7.47. The number of hydrogen-bond donors (Lipinski definition) is 0. The van der Waals surface area contributed by atoms with Crippen molar-refractivity contribution in [3.8, 4) is 46.0 Å². The highest BCUT2D eigenvalue weighted by atomic mass is 16.6. The van der Waals surface area contributed by atoms with Crippen LogP contribution in [0.15, 0.2) is 60.7 Å². The van der Waals surface area contributed by atoms with E-state index in [2.05, 4.69) is 30.1 Å². The van der Waals surface area contributed by atoms with Gasteiger partial charge in [0.15, 0.2) is 23.0 Å². The van der Waals surface area contributed by atoms with Crippen LogP contribution >= 0.6 is 0 Å².